The van der Waals surface area contributed by atoms with Crippen molar-refractivity contribution < 1.29 is 14.5 Å². The van der Waals surface area contributed by atoms with E-state index in [2.05, 4.69) is 80.8 Å². The molecule has 0 bridgehead atoms. The van der Waals surface area contributed by atoms with E-state index < -0.39 is 22.9 Å². The summed E-state index contributed by atoms with van der Waals surface area (Å²) in [5, 5.41) is 29.9. The van der Waals surface area contributed by atoms with Crippen molar-refractivity contribution in [1.82, 2.24) is 90.8 Å². The maximum Gasteiger partial charge on any atom is 0.211 e. The molecule has 21 nitrogen and oxygen atoms in total. The van der Waals surface area contributed by atoms with Crippen LogP contribution in [0.2, 0.25) is 0 Å². The molecule has 0 spiro atoms. The topological polar surface area (TPSA) is 156 Å². The largest absolute Gasteiger partial charge is 0.314 e. The number of ketones is 2. The zero-order valence-corrected chi connectivity index (χ0v) is 43.6. The molecule has 2 aromatic rings. The van der Waals surface area contributed by atoms with Crippen molar-refractivity contribution in [1.29, 1.82) is 0 Å². The Kier molecular flexibility index (Phi) is 15.4. The first-order valence-electron chi connectivity index (χ1n) is 28.6. The highest BCUT2D eigenvalue weighted by Gasteiger charge is 2.78. The summed E-state index contributed by atoms with van der Waals surface area (Å²) in [7, 11) is 0. The Labute approximate surface area is 433 Å². The Balaban J connectivity index is 1.14. The van der Waals surface area contributed by atoms with Crippen LogP contribution in [0.3, 0.4) is 0 Å². The molecule has 4 N–H and O–H groups in total. The highest BCUT2D eigenvalue weighted by Crippen LogP contribution is 2.54. The number of nitrogens with zero attached hydrogens (tertiary/aromatic N) is 14. The van der Waals surface area contributed by atoms with E-state index >= 15 is 9.59 Å². The third kappa shape index (κ3) is 8.30. The van der Waals surface area contributed by atoms with E-state index in [1.165, 1.54) is 0 Å². The van der Waals surface area contributed by atoms with Crippen molar-refractivity contribution in [2.75, 3.05) is 170 Å². The number of carbonyl (C=O) groups is 2. The third-order valence-electron chi connectivity index (χ3n) is 18.3. The van der Waals surface area contributed by atoms with Crippen molar-refractivity contribution >= 4 is 11.6 Å². The van der Waals surface area contributed by atoms with Crippen LogP contribution in [0.4, 0.5) is 0 Å². The first-order chi connectivity index (χ1) is 36.1. The van der Waals surface area contributed by atoms with Gasteiger partial charge < -0.3 is 21.3 Å². The predicted molar refractivity (Wildman–Crippen MR) is 276 cm³/mol. The first kappa shape index (κ1) is 50.8. The molecule has 73 heavy (non-hydrogen) atoms. The van der Waals surface area contributed by atoms with Crippen LogP contribution < -0.4 is 21.3 Å². The molecule has 12 heterocycles. The molecular weight excluding hydrogens is 925 g/mol. The second-order valence-electron chi connectivity index (χ2n) is 22.0. The van der Waals surface area contributed by atoms with Gasteiger partial charge in [0.25, 0.3) is 0 Å². The van der Waals surface area contributed by atoms with E-state index in [9.17, 15) is 0 Å². The lowest BCUT2D eigenvalue weighted by Gasteiger charge is -2.73. The van der Waals surface area contributed by atoms with Crippen molar-refractivity contribution in [2.45, 2.75) is 87.1 Å². The van der Waals surface area contributed by atoms with E-state index in [1.54, 1.807) is 24.8 Å². The van der Waals surface area contributed by atoms with Crippen LogP contribution in [-0.4, -0.2) is 274 Å². The minimum absolute atomic E-state index is 0.0167. The summed E-state index contributed by atoms with van der Waals surface area (Å²) in [6.45, 7) is 19.1. The molecule has 0 aliphatic carbocycles. The lowest BCUT2D eigenvalue weighted by atomic mass is 9.82. The fourth-order valence-corrected chi connectivity index (χ4v) is 15.4. The van der Waals surface area contributed by atoms with Crippen molar-refractivity contribution in [3.63, 3.8) is 0 Å². The average molecular weight is 1010 g/mol. The summed E-state index contributed by atoms with van der Waals surface area (Å²) >= 11 is 0. The van der Waals surface area contributed by atoms with Gasteiger partial charge in [-0.05, 0) is 75.6 Å². The van der Waals surface area contributed by atoms with Crippen LogP contribution in [0.5, 0.6) is 0 Å². The van der Waals surface area contributed by atoms with Crippen LogP contribution in [0.15, 0.2) is 49.1 Å². The highest BCUT2D eigenvalue weighted by molar-refractivity contribution is 6.04. The number of carbonyl (C=O) groups excluding carboxylic acids is 2. The minimum atomic E-state index is -1.47. The van der Waals surface area contributed by atoms with Gasteiger partial charge in [0.1, 0.15) is 0 Å². The van der Waals surface area contributed by atoms with E-state index in [1.807, 2.05) is 24.3 Å². The molecular formula is C52H84N18O3. The van der Waals surface area contributed by atoms with Gasteiger partial charge in [0.2, 0.25) is 22.9 Å². The number of pyridine rings is 2. The van der Waals surface area contributed by atoms with Crippen molar-refractivity contribution in [3.05, 3.63) is 60.2 Å². The minimum Gasteiger partial charge on any atom is -0.314 e. The number of aromatic nitrogens is 2. The molecule has 4 unspecified atom stereocenters. The molecule has 10 aliphatic heterocycles. The molecule has 10 saturated heterocycles. The summed E-state index contributed by atoms with van der Waals surface area (Å²) in [5.41, 5.74) is -1.81. The lowest BCUT2D eigenvalue weighted by Crippen LogP contribution is -2.96. The zero-order chi connectivity index (χ0) is 49.3. The summed E-state index contributed by atoms with van der Waals surface area (Å²) in [5.74, 6) is -2.10. The average Bonchev–Trinajstić information content (AvgIpc) is 4.35. The molecule has 10 fully saturated rings. The van der Waals surface area contributed by atoms with Crippen molar-refractivity contribution in [2.24, 2.45) is 0 Å². The molecule has 0 radical (unpaired) electrons. The molecule has 400 valence electrons. The second kappa shape index (κ2) is 22.1. The summed E-state index contributed by atoms with van der Waals surface area (Å²) in [4.78, 5) is 68.2. The van der Waals surface area contributed by atoms with Gasteiger partial charge in [-0.15, -0.1) is 10.1 Å². The molecule has 4 atom stereocenters. The Hall–Kier alpha value is -3.04. The SMILES string of the molecule is O=C(c1cccnc1)C1(N2CCNCC2)N(ON2CCN(N3CCCC3)C(N3CCCCC3)(N3CCNC3)C2(C(=O)c2cccnc2)N2CCNCC2)CCN(N2CCCC2)C1(N1CCCCC1)N1CCNC1. The quantitative estimate of drug-likeness (QED) is 0.186. The predicted octanol–water partition coefficient (Wildman–Crippen LogP) is -0.147. The lowest BCUT2D eigenvalue weighted by molar-refractivity contribution is -0.487. The smallest absolute Gasteiger partial charge is 0.211 e. The fourth-order valence-electron chi connectivity index (χ4n) is 15.4. The molecule has 0 aromatic carbocycles. The van der Waals surface area contributed by atoms with E-state index in [-0.39, 0.29) is 11.6 Å². The summed E-state index contributed by atoms with van der Waals surface area (Å²) < 4.78 is 0. The number of hydrogen-bond donors (Lipinski definition) is 4. The van der Waals surface area contributed by atoms with Gasteiger partial charge in [0.15, 0.2) is 11.6 Å². The number of Topliss-reactive ketones (excluding diaryl/α,β-unsaturated/α-hetero) is 2. The highest BCUT2D eigenvalue weighted by atomic mass is 16.8. The van der Waals surface area contributed by atoms with Gasteiger partial charge in [0.05, 0.1) is 13.3 Å². The summed E-state index contributed by atoms with van der Waals surface area (Å²) in [6.07, 6.45) is 18.1. The van der Waals surface area contributed by atoms with Gasteiger partial charge in [-0.2, -0.15) is 0 Å². The Morgan fingerprint density at radius 2 is 0.781 bits per heavy atom. The van der Waals surface area contributed by atoms with Crippen molar-refractivity contribution in [3.8, 4) is 0 Å². The summed E-state index contributed by atoms with van der Waals surface area (Å²) in [6, 6.07) is 7.79. The number of piperidine rings is 2. The molecule has 0 amide bonds. The number of piperazine rings is 4. The van der Waals surface area contributed by atoms with E-state index in [0.717, 1.165) is 169 Å². The Morgan fingerprint density at radius 3 is 1.14 bits per heavy atom. The molecule has 12 rings (SSSR count). The number of hydrogen-bond acceptors (Lipinski definition) is 21. The van der Waals surface area contributed by atoms with Crippen LogP contribution in [0.1, 0.15) is 84.9 Å². The standard InChI is InChI=1S/C52H84N18O3/c71-47(45-13-11-15-55-41-45)49(59-31-17-53-18-32-59)51(63-35-21-57-43-63,61-23-3-1-4-24-61)67(65-27-7-8-28-65)37-39-69(49)73-70-40-38-68(66-29-9-10-30-66)52(64-36-22-58-44-64,62-25-5-2-6-26-62)50(70,60-33-19-54-20-34-60)48(72)46-14-12-16-56-42-46/h11-16,41-42,53-54,57-58H,1-10,17-40,43-44H2. The molecule has 21 heteroatoms. The van der Waals surface area contributed by atoms with Crippen LogP contribution in [0, 0.1) is 0 Å². The van der Waals surface area contributed by atoms with Crippen LogP contribution >= 0.6 is 0 Å². The number of hydroxylamine groups is 4. The van der Waals surface area contributed by atoms with Gasteiger partial charge in [-0.25, -0.2) is 25.0 Å². The molecule has 2 aromatic heterocycles. The number of rotatable bonds is 14. The van der Waals surface area contributed by atoms with Gasteiger partial charge in [-0.1, -0.05) is 12.8 Å². The van der Waals surface area contributed by atoms with E-state index in [0.29, 0.717) is 76.8 Å². The normalized spacial score (nSPS) is 34.8. The van der Waals surface area contributed by atoms with Gasteiger partial charge >= 0.3 is 0 Å². The zero-order valence-electron chi connectivity index (χ0n) is 43.6. The number of hydrazine groups is 2. The second-order valence-corrected chi connectivity index (χ2v) is 22.0. The number of likely N-dealkylation sites (tertiary alicyclic amines) is 2. The Bertz CT molecular complexity index is 1990. The van der Waals surface area contributed by atoms with Gasteiger partial charge in [-0.3, -0.25) is 49.0 Å². The third-order valence-corrected chi connectivity index (χ3v) is 18.3. The monoisotopic (exact) mass is 1010 g/mol. The van der Waals surface area contributed by atoms with Crippen LogP contribution in [-0.2, 0) is 4.94 Å². The maximum absolute atomic E-state index is 17.4. The number of nitrogens with one attached hydrogen (secondary N) is 4. The van der Waals surface area contributed by atoms with E-state index in [4.69, 9.17) is 14.9 Å². The first-order valence-corrected chi connectivity index (χ1v) is 28.6. The Morgan fingerprint density at radius 1 is 0.411 bits per heavy atom. The van der Waals surface area contributed by atoms with Crippen LogP contribution in [0.25, 0.3) is 0 Å². The van der Waals surface area contributed by atoms with Gasteiger partial charge in [0, 0.05) is 193 Å². The molecule has 0 saturated carbocycles. The molecule has 10 aliphatic rings. The fraction of sp³-hybridized carbons (Fsp3) is 0.769. The maximum atomic E-state index is 17.4.